The van der Waals surface area contributed by atoms with E-state index in [4.69, 9.17) is 45.6 Å². The van der Waals surface area contributed by atoms with Crippen LogP contribution < -0.4 is 76.7 Å². The number of carbonyl (C=O) groups is 12. The van der Waals surface area contributed by atoms with Gasteiger partial charge in [-0.15, -0.1) is 0 Å². The van der Waals surface area contributed by atoms with Gasteiger partial charge in [0.15, 0.2) is 23.7 Å². The number of fused-ring (bicyclic) bond motifs is 4. The van der Waals surface area contributed by atoms with Crippen molar-refractivity contribution in [1.82, 2.24) is 61.0 Å². The summed E-state index contributed by atoms with van der Waals surface area (Å²) in [4.78, 5) is 177. The lowest BCUT2D eigenvalue weighted by Crippen LogP contribution is -2.54. The number of imide groups is 4. The van der Waals surface area contributed by atoms with E-state index >= 15 is 0 Å². The normalized spacial score (nSPS) is 15.0. The number of hydrogen-bond donors (Lipinski definition) is 10. The number of ether oxygens (including phenoxy) is 6. The molecule has 36 nitrogen and oxygen atoms in total. The first-order valence-electron chi connectivity index (χ1n) is 37.7. The number of urea groups is 2. The number of benzene rings is 4. The van der Waals surface area contributed by atoms with Crippen LogP contribution in [0.4, 0.5) is 37.5 Å². The number of ketones is 1. The molecular formula is C80H92FN17O19. The lowest BCUT2D eigenvalue weighted by molar-refractivity contribution is -0.139. The number of methoxy groups -OCH3 is 4. The Kier molecular flexibility index (Phi) is 28.9. The van der Waals surface area contributed by atoms with E-state index < -0.39 is 96.2 Å². The largest absolute Gasteiger partial charge is 0.497 e. The monoisotopic (exact) mass is 1610 g/mol. The second-order valence-electron chi connectivity index (χ2n) is 28.8. The number of aromatic nitrogens is 6. The highest BCUT2D eigenvalue weighted by Gasteiger charge is 2.48. The molecule has 0 bridgehead atoms. The Morgan fingerprint density at radius 1 is 0.547 bits per heavy atom. The van der Waals surface area contributed by atoms with Crippen molar-refractivity contribution in [2.24, 2.45) is 5.73 Å². The summed E-state index contributed by atoms with van der Waals surface area (Å²) in [6, 6.07) is 20.3. The molecule has 8 heterocycles. The van der Waals surface area contributed by atoms with Crippen LogP contribution in [0.3, 0.4) is 0 Å². The summed E-state index contributed by atoms with van der Waals surface area (Å²) in [5.41, 5.74) is 8.26. The van der Waals surface area contributed by atoms with Gasteiger partial charge >= 0.3 is 18.0 Å². The molecule has 2 atom stereocenters. The van der Waals surface area contributed by atoms with Crippen molar-refractivity contribution in [3.8, 4) is 56.8 Å². The molecule has 2 saturated heterocycles. The Hall–Kier alpha value is -13.6. The maximum atomic E-state index is 13.3. The van der Waals surface area contributed by atoms with Gasteiger partial charge in [-0.2, -0.15) is 9.97 Å². The zero-order chi connectivity index (χ0) is 85.7. The molecule has 4 aliphatic heterocycles. The van der Waals surface area contributed by atoms with Gasteiger partial charge in [0.2, 0.25) is 35.5 Å². The number of aliphatic carboxylic acids is 1. The average molecular weight is 1620 g/mol. The summed E-state index contributed by atoms with van der Waals surface area (Å²) in [6.45, 7) is 12.3. The maximum absolute atomic E-state index is 13.3. The van der Waals surface area contributed by atoms with Crippen LogP contribution in [0.15, 0.2) is 97.3 Å². The maximum Gasteiger partial charge on any atom is 0.341 e. The molecule has 8 aromatic rings. The number of halogens is 1. The third-order valence-corrected chi connectivity index (χ3v) is 17.8. The molecule has 0 saturated carbocycles. The predicted octanol–water partition coefficient (Wildman–Crippen LogP) is 8.57. The molecule has 37 heteroatoms. The van der Waals surface area contributed by atoms with Gasteiger partial charge in [0, 0.05) is 89.9 Å². The first-order chi connectivity index (χ1) is 56.3. The van der Waals surface area contributed by atoms with Gasteiger partial charge < -0.3 is 60.5 Å². The number of piperidine rings is 2. The number of nitrogens with zero attached hydrogens (tertiary/aromatic N) is 8. The second-order valence-corrected chi connectivity index (χ2v) is 28.8. The van der Waals surface area contributed by atoms with Crippen LogP contribution in [-0.4, -0.2) is 207 Å². The van der Waals surface area contributed by atoms with E-state index in [0.717, 1.165) is 33.6 Å². The molecule has 618 valence electrons. The van der Waals surface area contributed by atoms with Crippen molar-refractivity contribution in [2.75, 3.05) is 89.7 Å². The smallest absolute Gasteiger partial charge is 0.341 e. The number of hydrogen-bond acceptors (Lipinski definition) is 27. The number of anilines is 4. The standard InChI is InChI=1S/C40H44N8O9.C24H33N7O3.C15H12N2O7.CH3F/c1-40(2,3)47-39(54)46-34-28(22-16-25(55-4)19-26(17-22)56-5)18-23-20-42-38(45-33(23)44-34)41-15-8-6-7-10-24(49)21-57-30-12-9-11-27-32(30)37(53)48(36(27)52)29-13-14-31(50)43-35(29)51;1-24(2,3)31-23(32)30-21-19(15-10-17(33-4)13-18(11-15)34-5)12-16-14-27-22(29-20(16)28-21)26-9-7-6-8-25;18-10-5-4-8(13(21)16-10)17-14(22)7-2-1-3-9(12(7)15(17)23)24-6-11(19)20;1-2/h9,11-12,16-20,29H,6-8,10,13-15,21H2,1-5H3,(H,43,50,51)(H3,41,42,44,45,46,47,54);10-14H,6-9,25H2,1-5H3,(H3,26,27,28,29,30,31,32);1-3,8H,4-6H2,(H,19,20)(H,16,18,21);1H3/i;;;1D. The Bertz CT molecular complexity index is 5110. The number of unbranched alkanes of at least 4 members (excludes halogenated alkanes) is 3. The Morgan fingerprint density at radius 2 is 0.949 bits per heavy atom. The summed E-state index contributed by atoms with van der Waals surface area (Å²) in [5, 5.41) is 32.2. The number of amides is 12. The summed E-state index contributed by atoms with van der Waals surface area (Å²) in [6.07, 6.45) is 7.54. The Labute approximate surface area is 672 Å². The van der Waals surface area contributed by atoms with Crippen LogP contribution in [0, 0.1) is 0 Å². The van der Waals surface area contributed by atoms with E-state index in [1.807, 2.05) is 77.9 Å². The third-order valence-electron chi connectivity index (χ3n) is 17.8. The summed E-state index contributed by atoms with van der Waals surface area (Å²) in [5.74, 6) is -2.66. The van der Waals surface area contributed by atoms with Crippen molar-refractivity contribution >= 4 is 117 Å². The van der Waals surface area contributed by atoms with Crippen molar-refractivity contribution in [1.29, 1.82) is 0 Å². The van der Waals surface area contributed by atoms with E-state index in [1.165, 1.54) is 30.3 Å². The van der Waals surface area contributed by atoms with Crippen LogP contribution in [-0.2, 0) is 28.8 Å². The molecule has 2 unspecified atom stereocenters. The number of carbonyl (C=O) groups excluding carboxylic acids is 11. The molecule has 4 aromatic heterocycles. The van der Waals surface area contributed by atoms with Gasteiger partial charge in [-0.25, -0.2) is 34.3 Å². The molecule has 0 radical (unpaired) electrons. The summed E-state index contributed by atoms with van der Waals surface area (Å²) < 4.78 is 48.0. The number of pyridine rings is 2. The van der Waals surface area contributed by atoms with Crippen LogP contribution in [0.2, 0.25) is 0 Å². The average Bonchev–Trinajstić information content (AvgIpc) is 1.66. The zero-order valence-electron chi connectivity index (χ0n) is 67.0. The molecule has 12 amide bonds. The highest BCUT2D eigenvalue weighted by molar-refractivity contribution is 6.25. The van der Waals surface area contributed by atoms with Crippen LogP contribution >= 0.6 is 0 Å². The lowest BCUT2D eigenvalue weighted by Gasteiger charge is -2.27. The quantitative estimate of drug-likeness (QED) is 0.0162. The van der Waals surface area contributed by atoms with Gasteiger partial charge in [-0.3, -0.25) is 78.6 Å². The van der Waals surface area contributed by atoms with Gasteiger partial charge in [-0.05, 0) is 158 Å². The predicted molar refractivity (Wildman–Crippen MR) is 426 cm³/mol. The fourth-order valence-corrected chi connectivity index (χ4v) is 12.5. The van der Waals surface area contributed by atoms with E-state index in [1.54, 1.807) is 59.0 Å². The van der Waals surface area contributed by atoms with Gasteiger partial charge in [0.25, 0.3) is 23.6 Å². The Morgan fingerprint density at radius 3 is 1.32 bits per heavy atom. The first-order valence-corrected chi connectivity index (χ1v) is 37.0. The number of Topliss-reactive ketones (excluding diaryl/α,β-unsaturated/α-hetero) is 1. The minimum absolute atomic E-state index is 0.00586. The highest BCUT2D eigenvalue weighted by Crippen LogP contribution is 2.40. The van der Waals surface area contributed by atoms with Crippen LogP contribution in [0.5, 0.6) is 34.5 Å². The molecule has 2 fully saturated rings. The van der Waals surface area contributed by atoms with Crippen LogP contribution in [0.25, 0.3) is 44.3 Å². The van der Waals surface area contributed by atoms with E-state index in [2.05, 4.69) is 67.5 Å². The number of carboxylic acids is 1. The molecule has 12 rings (SSSR count). The number of alkyl halides is 1. The van der Waals surface area contributed by atoms with Gasteiger partial charge in [0.05, 0.1) is 59.2 Å². The van der Waals surface area contributed by atoms with Crippen LogP contribution in [0.1, 0.15) is 149 Å². The third kappa shape index (κ3) is 22.7. The molecule has 0 aliphatic carbocycles. The van der Waals surface area contributed by atoms with E-state index in [-0.39, 0.29) is 90.1 Å². The van der Waals surface area contributed by atoms with E-state index in [0.29, 0.717) is 113 Å². The fraction of sp³-hybridized carbons (Fsp3) is 0.375. The summed E-state index contributed by atoms with van der Waals surface area (Å²) in [7, 11) is 5.29. The number of nitrogens with two attached hydrogens (primary N) is 1. The lowest BCUT2D eigenvalue weighted by atomic mass is 10.0. The molecule has 117 heavy (non-hydrogen) atoms. The van der Waals surface area contributed by atoms with Crippen molar-refractivity contribution < 1.29 is 96.8 Å². The van der Waals surface area contributed by atoms with Gasteiger partial charge in [0.1, 0.15) is 64.8 Å². The molecule has 11 N–H and O–H groups in total. The topological polar surface area (TPSA) is 487 Å². The summed E-state index contributed by atoms with van der Waals surface area (Å²) >= 11 is 0. The van der Waals surface area contributed by atoms with E-state index in [9.17, 15) is 61.9 Å². The van der Waals surface area contributed by atoms with Crippen molar-refractivity contribution in [2.45, 2.75) is 129 Å². The van der Waals surface area contributed by atoms with Crippen molar-refractivity contribution in [3.05, 3.63) is 120 Å². The number of nitrogens with one attached hydrogen (secondary N) is 8. The Balaban J connectivity index is 0.000000219. The minimum Gasteiger partial charge on any atom is -0.497 e. The molecule has 0 spiro atoms. The zero-order valence-corrected chi connectivity index (χ0v) is 66.0. The molecular weight excluding hydrogens is 1520 g/mol. The number of carboxylic acid groups (broad SMARTS) is 1. The highest BCUT2D eigenvalue weighted by atomic mass is 19.1. The molecule has 4 aromatic carbocycles. The minimum atomic E-state index is -1.23. The number of rotatable bonds is 28. The molecule has 4 aliphatic rings. The fourth-order valence-electron chi connectivity index (χ4n) is 12.5. The first kappa shape index (κ1) is 85.8. The second kappa shape index (κ2) is 39.4. The SMILES string of the molecule is COc1cc(OC)cc(-c2cc3cnc(NCCCCCC(=O)COc4cccc5c4C(=O)N(C4CCC(=O)NC4=O)C5=O)nc3nc2NC(=O)NC(C)(C)C)c1.COc1cc(OC)cc(-c2cc3cnc(NCCCCN)nc3nc2NC(=O)NC(C)(C)C)c1.O=C(O)COc1cccc2c1C(=O)N(C1CCC(=O)NC1=O)C2=O.[2H]CF. The van der Waals surface area contributed by atoms with Crippen molar-refractivity contribution in [3.63, 3.8) is 0 Å². The van der Waals surface area contributed by atoms with Gasteiger partial charge in [-0.1, -0.05) is 18.6 Å².